The van der Waals surface area contributed by atoms with Gasteiger partial charge >= 0.3 is 0 Å². The molecule has 0 fully saturated rings. The Bertz CT molecular complexity index is 388. The van der Waals surface area contributed by atoms with Gasteiger partial charge in [-0.05, 0) is 6.42 Å². The molecule has 0 saturated heterocycles. The van der Waals surface area contributed by atoms with Crippen molar-refractivity contribution in [1.29, 1.82) is 0 Å². The highest BCUT2D eigenvalue weighted by Crippen LogP contribution is 2.10. The first-order chi connectivity index (χ1) is 8.06. The highest BCUT2D eigenvalue weighted by molar-refractivity contribution is 6.29. The second kappa shape index (κ2) is 5.90. The van der Waals surface area contributed by atoms with E-state index in [1.807, 2.05) is 0 Å². The van der Waals surface area contributed by atoms with Crippen LogP contribution in [0.15, 0.2) is 12.4 Å². The number of carbonyl (C=O) groups is 1. The number of halogens is 1. The summed E-state index contributed by atoms with van der Waals surface area (Å²) in [6.45, 7) is 1.02. The molecule has 0 aliphatic carbocycles. The van der Waals surface area contributed by atoms with E-state index in [1.165, 1.54) is 12.4 Å². The number of aromatic nitrogens is 2. The van der Waals surface area contributed by atoms with Gasteiger partial charge in [-0.1, -0.05) is 18.5 Å². The topological polar surface area (TPSA) is 95.3 Å². The summed E-state index contributed by atoms with van der Waals surface area (Å²) in [5.74, 6) is -0.537. The van der Waals surface area contributed by atoms with E-state index < -0.39 is 11.4 Å². The van der Waals surface area contributed by atoms with Crippen molar-refractivity contribution in [2.24, 2.45) is 0 Å². The first-order valence-electron chi connectivity index (χ1n) is 5.08. The molecule has 6 nitrogen and oxygen atoms in total. The highest BCUT2D eigenvalue weighted by Gasteiger charge is 2.29. The van der Waals surface area contributed by atoms with Crippen LogP contribution < -0.4 is 5.32 Å². The van der Waals surface area contributed by atoms with Gasteiger partial charge in [0.15, 0.2) is 0 Å². The third-order valence-corrected chi connectivity index (χ3v) is 2.68. The van der Waals surface area contributed by atoms with Gasteiger partial charge in [0.2, 0.25) is 0 Å². The summed E-state index contributed by atoms with van der Waals surface area (Å²) < 4.78 is 0. The summed E-state index contributed by atoms with van der Waals surface area (Å²) in [7, 11) is 0. The normalized spacial score (nSPS) is 11.3. The van der Waals surface area contributed by atoms with Crippen LogP contribution in [0, 0.1) is 0 Å². The van der Waals surface area contributed by atoms with E-state index in [9.17, 15) is 15.0 Å². The average Bonchev–Trinajstić information content (AvgIpc) is 2.36. The molecule has 1 rings (SSSR count). The fraction of sp³-hybridized carbons (Fsp3) is 0.500. The van der Waals surface area contributed by atoms with E-state index in [-0.39, 0.29) is 24.1 Å². The zero-order valence-corrected chi connectivity index (χ0v) is 10.1. The molecule has 0 unspecified atom stereocenters. The molecule has 3 N–H and O–H groups in total. The van der Waals surface area contributed by atoms with Crippen molar-refractivity contribution in [3.05, 3.63) is 23.2 Å². The van der Waals surface area contributed by atoms with Gasteiger partial charge in [-0.3, -0.25) is 9.78 Å². The molecule has 1 heterocycles. The Morgan fingerprint density at radius 3 is 2.59 bits per heavy atom. The van der Waals surface area contributed by atoms with Gasteiger partial charge in [0, 0.05) is 0 Å². The molecule has 7 heteroatoms. The second-order valence-corrected chi connectivity index (χ2v) is 4.02. The molecule has 0 saturated carbocycles. The van der Waals surface area contributed by atoms with Crippen LogP contribution >= 0.6 is 11.6 Å². The minimum atomic E-state index is -1.05. The molecule has 1 aromatic heterocycles. The molecule has 0 aliphatic rings. The van der Waals surface area contributed by atoms with Gasteiger partial charge in [0.1, 0.15) is 10.8 Å². The van der Waals surface area contributed by atoms with Crippen LogP contribution in [-0.2, 0) is 0 Å². The number of amides is 1. The summed E-state index contributed by atoms with van der Waals surface area (Å²) in [4.78, 5) is 19.3. The third-order valence-electron chi connectivity index (χ3n) is 2.50. The molecule has 17 heavy (non-hydrogen) atoms. The van der Waals surface area contributed by atoms with E-state index in [0.29, 0.717) is 6.42 Å². The van der Waals surface area contributed by atoms with Gasteiger partial charge in [0.25, 0.3) is 5.91 Å². The van der Waals surface area contributed by atoms with Crippen LogP contribution in [0.4, 0.5) is 0 Å². The van der Waals surface area contributed by atoms with Crippen molar-refractivity contribution in [2.75, 3.05) is 13.2 Å². The maximum Gasteiger partial charge on any atom is 0.272 e. The van der Waals surface area contributed by atoms with Crippen LogP contribution in [0.5, 0.6) is 0 Å². The molecule has 94 valence electrons. The summed E-state index contributed by atoms with van der Waals surface area (Å²) in [5, 5.41) is 21.0. The number of aliphatic hydroxyl groups is 2. The van der Waals surface area contributed by atoms with Crippen LogP contribution in [0.25, 0.3) is 0 Å². The quantitative estimate of drug-likeness (QED) is 0.691. The van der Waals surface area contributed by atoms with E-state index in [4.69, 9.17) is 11.6 Å². The highest BCUT2D eigenvalue weighted by atomic mass is 35.5. The Morgan fingerprint density at radius 1 is 1.47 bits per heavy atom. The number of nitrogens with one attached hydrogen (secondary N) is 1. The third kappa shape index (κ3) is 3.36. The van der Waals surface area contributed by atoms with Gasteiger partial charge in [-0.2, -0.15) is 0 Å². The zero-order valence-electron chi connectivity index (χ0n) is 9.35. The second-order valence-electron chi connectivity index (χ2n) is 3.63. The molecule has 0 bridgehead atoms. The van der Waals surface area contributed by atoms with Crippen molar-refractivity contribution in [3.8, 4) is 0 Å². The Morgan fingerprint density at radius 2 is 2.12 bits per heavy atom. The summed E-state index contributed by atoms with van der Waals surface area (Å²) in [6.07, 6.45) is 2.96. The van der Waals surface area contributed by atoms with Gasteiger partial charge in [-0.25, -0.2) is 4.98 Å². The molecule has 1 amide bonds. The van der Waals surface area contributed by atoms with Crippen molar-refractivity contribution in [3.63, 3.8) is 0 Å². The molecule has 0 aromatic carbocycles. The predicted molar refractivity (Wildman–Crippen MR) is 61.7 cm³/mol. The molecule has 1 aromatic rings. The Balaban J connectivity index is 2.84. The summed E-state index contributed by atoms with van der Waals surface area (Å²) in [5.41, 5.74) is -1.02. The Labute approximate surface area is 104 Å². The fourth-order valence-electron chi connectivity index (χ4n) is 1.20. The number of carbonyl (C=O) groups excluding carboxylic acids is 1. The number of hydrogen-bond donors (Lipinski definition) is 3. The lowest BCUT2D eigenvalue weighted by molar-refractivity contribution is 0.0649. The maximum absolute atomic E-state index is 11.8. The number of nitrogens with zero attached hydrogens (tertiary/aromatic N) is 2. The van der Waals surface area contributed by atoms with Crippen molar-refractivity contribution in [1.82, 2.24) is 15.3 Å². The number of hydrogen-bond acceptors (Lipinski definition) is 5. The molecular formula is C10H14ClN3O3. The van der Waals surface area contributed by atoms with E-state index in [1.54, 1.807) is 6.92 Å². The minimum Gasteiger partial charge on any atom is -0.394 e. The van der Waals surface area contributed by atoms with E-state index in [2.05, 4.69) is 15.3 Å². The molecule has 0 spiro atoms. The first-order valence-corrected chi connectivity index (χ1v) is 5.46. The van der Waals surface area contributed by atoms with Crippen molar-refractivity contribution < 1.29 is 15.0 Å². The SMILES string of the molecule is CCC(CO)(CO)NC(=O)c1cncc(Cl)n1. The Kier molecular flexibility index (Phi) is 4.80. The lowest BCUT2D eigenvalue weighted by Crippen LogP contribution is -2.54. The molecule has 0 radical (unpaired) electrons. The molecular weight excluding hydrogens is 246 g/mol. The lowest BCUT2D eigenvalue weighted by Gasteiger charge is -2.29. The standard InChI is InChI=1S/C10H14ClN3O3/c1-2-10(5-15,6-16)14-9(17)7-3-12-4-8(11)13-7/h3-4,15-16H,2,5-6H2,1H3,(H,14,17). The van der Waals surface area contributed by atoms with Gasteiger partial charge in [0.05, 0.1) is 31.1 Å². The zero-order chi connectivity index (χ0) is 12.9. The smallest absolute Gasteiger partial charge is 0.272 e. The number of rotatable bonds is 5. The minimum absolute atomic E-state index is 0.0391. The van der Waals surface area contributed by atoms with Crippen molar-refractivity contribution in [2.45, 2.75) is 18.9 Å². The monoisotopic (exact) mass is 259 g/mol. The Hall–Kier alpha value is -1.24. The lowest BCUT2D eigenvalue weighted by atomic mass is 9.98. The van der Waals surface area contributed by atoms with Gasteiger partial charge < -0.3 is 15.5 Å². The van der Waals surface area contributed by atoms with E-state index in [0.717, 1.165) is 0 Å². The summed E-state index contributed by atoms with van der Waals surface area (Å²) in [6, 6.07) is 0. The van der Waals surface area contributed by atoms with Crippen LogP contribution in [-0.4, -0.2) is 44.8 Å². The molecule has 0 atom stereocenters. The maximum atomic E-state index is 11.8. The van der Waals surface area contributed by atoms with E-state index >= 15 is 0 Å². The van der Waals surface area contributed by atoms with Gasteiger partial charge in [-0.15, -0.1) is 0 Å². The largest absolute Gasteiger partial charge is 0.394 e. The van der Waals surface area contributed by atoms with Crippen LogP contribution in [0.2, 0.25) is 5.15 Å². The predicted octanol–water partition coefficient (Wildman–Crippen LogP) is -0.00680. The fourth-order valence-corrected chi connectivity index (χ4v) is 1.34. The van der Waals surface area contributed by atoms with Crippen LogP contribution in [0.3, 0.4) is 0 Å². The molecule has 0 aliphatic heterocycles. The first kappa shape index (κ1) is 13.8. The van der Waals surface area contributed by atoms with Crippen LogP contribution in [0.1, 0.15) is 23.8 Å². The average molecular weight is 260 g/mol. The summed E-state index contributed by atoms with van der Waals surface area (Å²) >= 11 is 5.61. The van der Waals surface area contributed by atoms with Crippen molar-refractivity contribution >= 4 is 17.5 Å². The number of aliphatic hydroxyl groups excluding tert-OH is 2.